The third kappa shape index (κ3) is 68.6. The van der Waals surface area contributed by atoms with Crippen LogP contribution in [0, 0.1) is 17.8 Å². The number of hydrogen-bond donors (Lipinski definition) is 3. The molecule has 0 rings (SSSR count). The average Bonchev–Trinajstić information content (AvgIpc) is 1.78. The van der Waals surface area contributed by atoms with E-state index in [2.05, 4.69) is 48.5 Å². The van der Waals surface area contributed by atoms with Crippen LogP contribution in [-0.2, 0) is 65.4 Å². The fraction of sp³-hybridized carbons (Fsp3) is 0.947. The minimum atomic E-state index is -4.96. The summed E-state index contributed by atoms with van der Waals surface area (Å²) in [4.78, 5) is 72.7. The number of aliphatic hydroxyl groups excluding tert-OH is 1. The zero-order valence-electron chi connectivity index (χ0n) is 61.4. The summed E-state index contributed by atoms with van der Waals surface area (Å²) >= 11 is 0. The summed E-state index contributed by atoms with van der Waals surface area (Å²) in [6, 6.07) is 0. The lowest BCUT2D eigenvalue weighted by molar-refractivity contribution is -0.161. The lowest BCUT2D eigenvalue weighted by atomic mass is 10.0. The highest BCUT2D eigenvalue weighted by Gasteiger charge is 2.30. The second-order valence-corrected chi connectivity index (χ2v) is 31.4. The Labute approximate surface area is 575 Å². The molecular formula is C75H146O17P2. The molecule has 19 heteroatoms. The second kappa shape index (κ2) is 65.7. The molecule has 94 heavy (non-hydrogen) atoms. The van der Waals surface area contributed by atoms with E-state index in [0.717, 1.165) is 102 Å². The van der Waals surface area contributed by atoms with Gasteiger partial charge in [-0.15, -0.1) is 0 Å². The molecule has 0 aliphatic heterocycles. The number of esters is 4. The number of ether oxygens (including phenoxy) is 4. The number of aliphatic hydroxyl groups is 1. The first kappa shape index (κ1) is 92.1. The predicted molar refractivity (Wildman–Crippen MR) is 381 cm³/mol. The molecule has 0 aromatic rings. The van der Waals surface area contributed by atoms with Gasteiger partial charge in [0.15, 0.2) is 12.2 Å². The number of phosphoric acid groups is 2. The lowest BCUT2D eigenvalue weighted by Crippen LogP contribution is -2.30. The molecule has 0 radical (unpaired) electrons. The van der Waals surface area contributed by atoms with E-state index < -0.39 is 97.5 Å². The van der Waals surface area contributed by atoms with Crippen molar-refractivity contribution < 1.29 is 80.2 Å². The Hall–Kier alpha value is -1.94. The van der Waals surface area contributed by atoms with Crippen molar-refractivity contribution >= 4 is 39.5 Å². The third-order valence-corrected chi connectivity index (χ3v) is 19.3. The van der Waals surface area contributed by atoms with E-state index in [1.54, 1.807) is 0 Å². The second-order valence-electron chi connectivity index (χ2n) is 28.5. The van der Waals surface area contributed by atoms with Gasteiger partial charge in [-0.1, -0.05) is 331 Å². The van der Waals surface area contributed by atoms with Crippen LogP contribution in [0.5, 0.6) is 0 Å². The van der Waals surface area contributed by atoms with Crippen LogP contribution in [-0.4, -0.2) is 96.7 Å². The van der Waals surface area contributed by atoms with Crippen molar-refractivity contribution in [2.75, 3.05) is 39.6 Å². The summed E-state index contributed by atoms with van der Waals surface area (Å²) in [7, 11) is -9.91. The van der Waals surface area contributed by atoms with Gasteiger partial charge in [0.05, 0.1) is 26.4 Å². The molecule has 0 bridgehead atoms. The summed E-state index contributed by atoms with van der Waals surface area (Å²) in [6.07, 6.45) is 51.5. The van der Waals surface area contributed by atoms with Gasteiger partial charge in [0, 0.05) is 25.7 Å². The van der Waals surface area contributed by atoms with Gasteiger partial charge >= 0.3 is 39.5 Å². The first-order valence-corrected chi connectivity index (χ1v) is 41.8. The van der Waals surface area contributed by atoms with Crippen LogP contribution in [0.4, 0.5) is 0 Å². The van der Waals surface area contributed by atoms with Crippen molar-refractivity contribution in [1.29, 1.82) is 0 Å². The maximum atomic E-state index is 13.1. The Bertz CT molecular complexity index is 1840. The maximum absolute atomic E-state index is 13.1. The molecule has 558 valence electrons. The lowest BCUT2D eigenvalue weighted by Gasteiger charge is -2.21. The summed E-state index contributed by atoms with van der Waals surface area (Å²) in [6.45, 7) is 11.9. The fourth-order valence-corrected chi connectivity index (χ4v) is 13.0. The van der Waals surface area contributed by atoms with Crippen LogP contribution in [0.3, 0.4) is 0 Å². The monoisotopic (exact) mass is 1380 g/mol. The number of unbranched alkanes of at least 4 members (excludes halogenated alkanes) is 41. The van der Waals surface area contributed by atoms with E-state index in [4.69, 9.17) is 37.0 Å². The third-order valence-electron chi connectivity index (χ3n) is 17.4. The Balaban J connectivity index is 5.21. The quantitative estimate of drug-likeness (QED) is 0.0222. The zero-order valence-corrected chi connectivity index (χ0v) is 63.2. The highest BCUT2D eigenvalue weighted by atomic mass is 31.2. The van der Waals surface area contributed by atoms with Crippen LogP contribution < -0.4 is 0 Å². The fourth-order valence-electron chi connectivity index (χ4n) is 11.4. The average molecular weight is 1380 g/mol. The zero-order chi connectivity index (χ0) is 69.4. The molecule has 0 aliphatic carbocycles. The Kier molecular flexibility index (Phi) is 64.3. The van der Waals surface area contributed by atoms with E-state index >= 15 is 0 Å². The van der Waals surface area contributed by atoms with Crippen LogP contribution in [0.15, 0.2) is 0 Å². The summed E-state index contributed by atoms with van der Waals surface area (Å²) in [5.74, 6) is 0.174. The molecule has 0 saturated carbocycles. The van der Waals surface area contributed by atoms with Gasteiger partial charge in [-0.2, -0.15) is 0 Å². The van der Waals surface area contributed by atoms with Crippen molar-refractivity contribution in [3.05, 3.63) is 0 Å². The van der Waals surface area contributed by atoms with E-state index in [1.165, 1.54) is 193 Å². The van der Waals surface area contributed by atoms with E-state index in [1.807, 2.05) is 0 Å². The number of hydrogen-bond acceptors (Lipinski definition) is 15. The molecule has 3 N–H and O–H groups in total. The topological polar surface area (TPSA) is 237 Å². The van der Waals surface area contributed by atoms with Crippen molar-refractivity contribution in [2.45, 2.75) is 401 Å². The first-order chi connectivity index (χ1) is 45.2. The van der Waals surface area contributed by atoms with Gasteiger partial charge in [0.1, 0.15) is 19.3 Å². The molecule has 2 unspecified atom stereocenters. The molecule has 0 aliphatic rings. The normalized spacial score (nSPS) is 14.1. The largest absolute Gasteiger partial charge is 0.472 e. The van der Waals surface area contributed by atoms with Crippen molar-refractivity contribution in [2.24, 2.45) is 17.8 Å². The van der Waals surface area contributed by atoms with Gasteiger partial charge < -0.3 is 33.8 Å². The number of carbonyl (C=O) groups excluding carboxylic acids is 4. The molecule has 17 nitrogen and oxygen atoms in total. The van der Waals surface area contributed by atoms with Gasteiger partial charge in [-0.25, -0.2) is 9.13 Å². The molecule has 0 heterocycles. The van der Waals surface area contributed by atoms with Crippen LogP contribution >= 0.6 is 15.6 Å². The highest BCUT2D eigenvalue weighted by molar-refractivity contribution is 7.47. The summed E-state index contributed by atoms with van der Waals surface area (Å²) in [5, 5.41) is 10.6. The van der Waals surface area contributed by atoms with Crippen LogP contribution in [0.1, 0.15) is 382 Å². The molecule has 0 amide bonds. The number of phosphoric ester groups is 2. The Morgan fingerprint density at radius 1 is 0.287 bits per heavy atom. The van der Waals surface area contributed by atoms with E-state index in [9.17, 15) is 43.2 Å². The van der Waals surface area contributed by atoms with Gasteiger partial charge in [-0.05, 0) is 43.4 Å². The molecule has 0 saturated heterocycles. The molecule has 5 atom stereocenters. The molecule has 0 fully saturated rings. The Morgan fingerprint density at radius 2 is 0.489 bits per heavy atom. The number of carbonyl (C=O) groups is 4. The molecule has 0 aromatic heterocycles. The minimum absolute atomic E-state index is 0.103. The molecular weight excluding hydrogens is 1230 g/mol. The van der Waals surface area contributed by atoms with Gasteiger partial charge in [0.2, 0.25) is 0 Å². The smallest absolute Gasteiger partial charge is 0.462 e. The van der Waals surface area contributed by atoms with Crippen molar-refractivity contribution in [3.8, 4) is 0 Å². The first-order valence-electron chi connectivity index (χ1n) is 38.8. The summed E-state index contributed by atoms with van der Waals surface area (Å²) in [5.41, 5.74) is 0. The predicted octanol–water partition coefficient (Wildman–Crippen LogP) is 21.8. The van der Waals surface area contributed by atoms with Crippen LogP contribution in [0.25, 0.3) is 0 Å². The van der Waals surface area contributed by atoms with Crippen molar-refractivity contribution in [1.82, 2.24) is 0 Å². The summed E-state index contributed by atoms with van der Waals surface area (Å²) < 4.78 is 68.4. The van der Waals surface area contributed by atoms with Gasteiger partial charge in [-0.3, -0.25) is 37.3 Å². The van der Waals surface area contributed by atoms with Gasteiger partial charge in [0.25, 0.3) is 0 Å². The van der Waals surface area contributed by atoms with Crippen molar-refractivity contribution in [3.63, 3.8) is 0 Å². The Morgan fingerprint density at radius 3 is 0.723 bits per heavy atom. The van der Waals surface area contributed by atoms with E-state index in [0.29, 0.717) is 31.6 Å². The SMILES string of the molecule is CCCCCCCCCCCC(=O)OC[C@H](COP(=O)(O)OC[C@H](O)COP(=O)(O)OC[C@@H](COC(=O)CCCCCCCCCCCCCCCC(C)C)OC(=O)CCCCCCCCCCCCCCCCCCC(C)C)OC(=O)CCCCCCCCCC(C)C. The molecule has 0 spiro atoms. The minimum Gasteiger partial charge on any atom is -0.462 e. The molecule has 0 aromatic carbocycles. The highest BCUT2D eigenvalue weighted by Crippen LogP contribution is 2.45. The van der Waals surface area contributed by atoms with E-state index in [-0.39, 0.29) is 25.7 Å². The number of rotatable bonds is 73. The van der Waals surface area contributed by atoms with Crippen LogP contribution in [0.2, 0.25) is 0 Å². The maximum Gasteiger partial charge on any atom is 0.472 e. The standard InChI is InChI=1S/C75H146O17P2/c1-8-9-10-11-12-26-35-42-49-56-72(77)85-63-71(92-75(80)59-52-45-38-31-34-41-48-55-68(6)7)65-90-94(83,84)88-61-69(76)60-87-93(81,82)89-64-70(62-86-73(78)57-50-43-36-29-24-21-17-19-23-28-33-40-47-54-67(4)5)91-74(79)58-51-44-37-30-25-20-16-14-13-15-18-22-27-32-39-46-53-66(2)3/h66-71,76H,8-65H2,1-7H3,(H,81,82)(H,83,84)/t69-,70-,71-/m1/s1.